The van der Waals surface area contributed by atoms with Gasteiger partial charge in [-0.3, -0.25) is 0 Å². The Kier molecular flexibility index (Phi) is 5.14. The maximum absolute atomic E-state index is 10.6. The molecule has 0 fully saturated rings. The number of terminal acetylenes is 1. The van der Waals surface area contributed by atoms with Gasteiger partial charge in [-0.2, -0.15) is 0 Å². The molecule has 0 aromatic heterocycles. The van der Waals surface area contributed by atoms with Crippen molar-refractivity contribution in [2.75, 3.05) is 0 Å². The van der Waals surface area contributed by atoms with Crippen LogP contribution in [-0.2, 0) is 0 Å². The Balaban J connectivity index is 2.43. The van der Waals surface area contributed by atoms with Crippen molar-refractivity contribution in [1.82, 2.24) is 0 Å². The molecule has 0 N–H and O–H groups in total. The fraction of sp³-hybridized carbons (Fsp3) is 0. The van der Waals surface area contributed by atoms with Gasteiger partial charge >= 0.3 is 52.0 Å². The van der Waals surface area contributed by atoms with Gasteiger partial charge in [0.25, 0.3) is 0 Å². The Bertz CT molecular complexity index is 35.8. The van der Waals surface area contributed by atoms with Gasteiger partial charge in [0.05, 0.1) is 0 Å². The van der Waals surface area contributed by atoms with Gasteiger partial charge in [0.1, 0.15) is 0 Å². The summed E-state index contributed by atoms with van der Waals surface area (Å²) in [6, 6.07) is 0. The zero-order valence-corrected chi connectivity index (χ0v) is 3.83. The number of hydrogen-bond acceptors (Lipinski definition) is 0. The second-order valence-electron chi connectivity index (χ2n) is 0.169. The molecule has 2 heteroatoms. The molecular formula is C2HFXe. The first-order valence-electron chi connectivity index (χ1n) is 0.599. The van der Waals surface area contributed by atoms with Crippen molar-refractivity contribution < 1.29 is 45.2 Å². The molecule has 0 aromatic rings. The van der Waals surface area contributed by atoms with Gasteiger partial charge in [-0.1, -0.05) is 0 Å². The van der Waals surface area contributed by atoms with Gasteiger partial charge in [0, 0.05) is 0 Å². The standard InChI is InChI=1S/C2HFXe/c1-2-4-3/h1H. The van der Waals surface area contributed by atoms with Crippen LogP contribution in [0, 0.1) is 51.9 Å². The third kappa shape index (κ3) is 3.06. The van der Waals surface area contributed by atoms with Gasteiger partial charge in [-0.05, 0) is 0 Å². The van der Waals surface area contributed by atoms with Crippen LogP contribution in [-0.4, -0.2) is 0 Å². The molecule has 0 atom stereocenters. The Hall–Kier alpha value is 1.06. The monoisotopic (exact) mass is 176 g/mol. The quantitative estimate of drug-likeness (QED) is 0.472. The molecule has 0 aliphatic rings. The van der Waals surface area contributed by atoms with Gasteiger partial charge in [0.15, 0.2) is 0 Å². The van der Waals surface area contributed by atoms with E-state index >= 15 is 0 Å². The van der Waals surface area contributed by atoms with Crippen LogP contribution in [0.2, 0.25) is 0 Å². The predicted octanol–water partition coefficient (Wildman–Crippen LogP) is 0.547. The van der Waals surface area contributed by atoms with Crippen molar-refractivity contribution in [1.29, 1.82) is 0 Å². The molecule has 0 heterocycles. The zero-order valence-electron chi connectivity index (χ0n) is 1.81. The molecular weight excluding hydrogens is 174 g/mol. The Labute approximate surface area is 51.0 Å². The molecule has 0 unspecified atom stereocenters. The Morgan fingerprint density at radius 2 is 2.25 bits per heavy atom. The molecule has 4 heavy (non-hydrogen) atoms. The van der Waals surface area contributed by atoms with Crippen LogP contribution in [0.4, 0.5) is 0.0835 Å². The van der Waals surface area contributed by atoms with Crippen LogP contribution in [0.3, 0.4) is 0 Å². The summed E-state index contributed by atoms with van der Waals surface area (Å²) >= 11 is -1.23. The summed E-state index contributed by atoms with van der Waals surface area (Å²) in [7, 11) is 0. The fourth-order valence-corrected chi connectivity index (χ4v) is 0. The van der Waals surface area contributed by atoms with Crippen LogP contribution in [0.25, 0.3) is 0 Å². The van der Waals surface area contributed by atoms with E-state index in [2.05, 4.69) is 6.42 Å². The van der Waals surface area contributed by atoms with E-state index in [1.165, 1.54) is 0 Å². The van der Waals surface area contributed by atoms with E-state index in [0.29, 0.717) is 0 Å². The molecule has 0 spiro atoms. The SMILES string of the molecule is C#C[Xe]F. The van der Waals surface area contributed by atoms with Crippen LogP contribution in [0.15, 0.2) is 0 Å². The summed E-state index contributed by atoms with van der Waals surface area (Å²) in [6.45, 7) is 0. The molecule has 0 aromatic carbocycles. The van der Waals surface area contributed by atoms with Crippen molar-refractivity contribution in [3.05, 3.63) is 0 Å². The second-order valence-corrected chi connectivity index (χ2v) is 1.13. The predicted molar refractivity (Wildman–Crippen MR) is 9.94 cm³/mol. The minimum atomic E-state index is -1.23. The van der Waals surface area contributed by atoms with E-state index < -0.39 is 45.1 Å². The fourth-order valence-electron chi connectivity index (χ4n) is 0. The first-order chi connectivity index (χ1) is 1.91. The summed E-state index contributed by atoms with van der Waals surface area (Å²) in [5.74, 6) is 0. The molecule has 0 radical (unpaired) electrons. The molecule has 0 nitrogen and oxygen atoms in total. The van der Waals surface area contributed by atoms with Gasteiger partial charge in [-0.25, -0.2) is 0 Å². The normalized spacial score (nSPS) is 6.00. The van der Waals surface area contributed by atoms with E-state index in [9.17, 15) is 0.0835 Å². The first kappa shape index (κ1) is 5.06. The van der Waals surface area contributed by atoms with Gasteiger partial charge in [0.2, 0.25) is 0 Å². The van der Waals surface area contributed by atoms with Crippen LogP contribution < -0.4 is 0 Å². The average molecular weight is 175 g/mol. The average Bonchev–Trinajstić information content (AvgIpc) is 1.37. The number of hydrogen-bond donors (Lipinski definition) is 0. The Morgan fingerprint density at radius 1 is 2.00 bits per heavy atom. The molecule has 0 bridgehead atoms. The van der Waals surface area contributed by atoms with Crippen LogP contribution in [0.5, 0.6) is 0 Å². The topological polar surface area (TPSA) is 0 Å². The number of halogens is 1. The van der Waals surface area contributed by atoms with E-state index in [0.717, 1.165) is 0 Å². The van der Waals surface area contributed by atoms with E-state index in [1.807, 2.05) is 0.388 Å². The van der Waals surface area contributed by atoms with Crippen molar-refractivity contribution >= 4 is 0 Å². The third-order valence-corrected chi connectivity index (χ3v) is 0.259. The third-order valence-electron chi connectivity index (χ3n) is 0.0386. The van der Waals surface area contributed by atoms with E-state index in [4.69, 9.17) is 0 Å². The van der Waals surface area contributed by atoms with E-state index in [-0.39, 0.29) is 0 Å². The molecule has 0 rings (SSSR count). The molecule has 0 aliphatic carbocycles. The van der Waals surface area contributed by atoms with Crippen LogP contribution in [0.1, 0.15) is 0 Å². The van der Waals surface area contributed by atoms with Crippen molar-refractivity contribution in [3.8, 4) is 6.81 Å². The van der Waals surface area contributed by atoms with Crippen molar-refractivity contribution in [3.63, 3.8) is 0 Å². The molecule has 0 saturated heterocycles. The van der Waals surface area contributed by atoms with Crippen molar-refractivity contribution in [2.24, 2.45) is 0 Å². The first-order valence-corrected chi connectivity index (χ1v) is 2.37. The molecule has 24 valence electrons. The summed E-state index contributed by atoms with van der Waals surface area (Å²) in [6.07, 6.45) is 4.44. The Morgan fingerprint density at radius 3 is 2.25 bits per heavy atom. The summed E-state index contributed by atoms with van der Waals surface area (Å²) in [4.78, 5) is 0. The molecule has 0 saturated carbocycles. The molecule has 0 aliphatic heterocycles. The zero-order chi connectivity index (χ0) is 3.41. The summed E-state index contributed by atoms with van der Waals surface area (Å²) in [5, 5.41) is 0. The minimum absolute atomic E-state index is 1.23. The number of rotatable bonds is 0. The van der Waals surface area contributed by atoms with Gasteiger partial charge in [-0.15, -0.1) is 0 Å². The van der Waals surface area contributed by atoms with Crippen LogP contribution >= 0.6 is 0 Å². The summed E-state index contributed by atoms with van der Waals surface area (Å²) < 4.78 is 12.4. The molecule has 0 amide bonds. The summed E-state index contributed by atoms with van der Waals surface area (Å²) in [5.41, 5.74) is 0. The van der Waals surface area contributed by atoms with Crippen molar-refractivity contribution in [2.45, 2.75) is 0 Å². The van der Waals surface area contributed by atoms with Gasteiger partial charge < -0.3 is 0 Å². The second kappa shape index (κ2) is 4.06. The van der Waals surface area contributed by atoms with E-state index in [1.54, 1.807) is 0 Å². The maximum atomic E-state index is 10.6.